The Balaban J connectivity index is 4.39. The van der Waals surface area contributed by atoms with Crippen LogP contribution in [0.25, 0.3) is 0 Å². The minimum absolute atomic E-state index is 0.00513. The Morgan fingerprint density at radius 1 is 0.544 bits per heavy atom. The van der Waals surface area contributed by atoms with Gasteiger partial charge < -0.3 is 19.3 Å². The summed E-state index contributed by atoms with van der Waals surface area (Å²) in [5.74, 6) is -0.861. The van der Waals surface area contributed by atoms with Crippen LogP contribution >= 0.6 is 7.82 Å². The number of phosphoric acid groups is 1. The average Bonchev–Trinajstić information content (AvgIpc) is 3.18. The van der Waals surface area contributed by atoms with Crippen molar-refractivity contribution < 1.29 is 37.6 Å². The molecule has 0 heterocycles. The van der Waals surface area contributed by atoms with Gasteiger partial charge in [-0.25, -0.2) is 4.57 Å². The number of nitrogens with zero attached hydrogens (tertiary/aromatic N) is 1. The summed E-state index contributed by atoms with van der Waals surface area (Å²) < 4.78 is 33.4. The molecule has 0 saturated carbocycles. The second-order valence-electron chi connectivity index (χ2n) is 14.9. The quantitative estimate of drug-likeness (QED) is 0.0279. The first-order valence-corrected chi connectivity index (χ1v) is 23.7. The summed E-state index contributed by atoms with van der Waals surface area (Å²) in [7, 11) is -0.745. The van der Waals surface area contributed by atoms with E-state index in [2.05, 4.69) is 86.8 Å². The molecule has 328 valence electrons. The molecule has 0 amide bonds. The number of unbranched alkanes of at least 4 members (excludes halogenated alkanes) is 14. The van der Waals surface area contributed by atoms with Crippen LogP contribution in [-0.2, 0) is 32.7 Å². The third-order valence-electron chi connectivity index (χ3n) is 8.99. The van der Waals surface area contributed by atoms with Gasteiger partial charge in [-0.05, 0) is 104 Å². The molecule has 0 fully saturated rings. The van der Waals surface area contributed by atoms with E-state index in [9.17, 15) is 19.0 Å². The molecule has 0 aromatic carbocycles. The van der Waals surface area contributed by atoms with Gasteiger partial charge in [0.1, 0.15) is 6.61 Å². The number of carbonyl (C=O) groups is 2. The SMILES string of the molecule is CCCCC/C=C\C/C=C\C/C=C\C/C=C\CCCCCC(=O)OC(COC(=O)CCCCCCC/C=C\C/C=C\CCCCC)COP(=O)(O)OCCN(C)C. The maximum atomic E-state index is 12.7. The van der Waals surface area contributed by atoms with Gasteiger partial charge in [0.25, 0.3) is 0 Å². The Hall–Kier alpha value is -2.55. The number of phosphoric ester groups is 1. The normalized spacial score (nSPS) is 14.1. The van der Waals surface area contributed by atoms with Gasteiger partial charge in [0.2, 0.25) is 0 Å². The van der Waals surface area contributed by atoms with Crippen molar-refractivity contribution in [2.45, 2.75) is 174 Å². The van der Waals surface area contributed by atoms with Crippen molar-refractivity contribution in [2.24, 2.45) is 0 Å². The minimum Gasteiger partial charge on any atom is -0.462 e. The van der Waals surface area contributed by atoms with Crippen molar-refractivity contribution in [3.05, 3.63) is 72.9 Å². The van der Waals surface area contributed by atoms with E-state index in [1.807, 2.05) is 19.0 Å². The number of ether oxygens (including phenoxy) is 2. The topological polar surface area (TPSA) is 112 Å². The third-order valence-corrected chi connectivity index (χ3v) is 9.97. The smallest absolute Gasteiger partial charge is 0.462 e. The number of esters is 2. The zero-order valence-corrected chi connectivity index (χ0v) is 37.4. The molecule has 2 atom stereocenters. The van der Waals surface area contributed by atoms with Gasteiger partial charge in [-0.15, -0.1) is 0 Å². The van der Waals surface area contributed by atoms with Crippen LogP contribution in [0, 0.1) is 0 Å². The highest BCUT2D eigenvalue weighted by atomic mass is 31.2. The van der Waals surface area contributed by atoms with Gasteiger partial charge >= 0.3 is 19.8 Å². The predicted molar refractivity (Wildman–Crippen MR) is 238 cm³/mol. The van der Waals surface area contributed by atoms with Gasteiger partial charge in [0.05, 0.1) is 13.2 Å². The number of hydrogen-bond donors (Lipinski definition) is 1. The molecule has 0 aliphatic rings. The molecule has 0 aliphatic heterocycles. The lowest BCUT2D eigenvalue weighted by molar-refractivity contribution is -0.161. The summed E-state index contributed by atoms with van der Waals surface area (Å²) in [6.07, 6.45) is 49.4. The number of allylic oxidation sites excluding steroid dienone is 12. The fourth-order valence-electron chi connectivity index (χ4n) is 5.52. The molecule has 1 N–H and O–H groups in total. The Morgan fingerprint density at radius 2 is 0.947 bits per heavy atom. The predicted octanol–water partition coefficient (Wildman–Crippen LogP) is 12.9. The van der Waals surface area contributed by atoms with Gasteiger partial charge in [0.15, 0.2) is 6.10 Å². The van der Waals surface area contributed by atoms with Crippen LogP contribution in [0.2, 0.25) is 0 Å². The fraction of sp³-hybridized carbons (Fsp3) is 0.702. The van der Waals surface area contributed by atoms with Gasteiger partial charge in [-0.3, -0.25) is 18.6 Å². The van der Waals surface area contributed by atoms with Crippen molar-refractivity contribution in [3.63, 3.8) is 0 Å². The summed E-state index contributed by atoms with van der Waals surface area (Å²) in [6, 6.07) is 0. The van der Waals surface area contributed by atoms with Crippen molar-refractivity contribution in [1.29, 1.82) is 0 Å². The van der Waals surface area contributed by atoms with E-state index in [0.29, 0.717) is 19.4 Å². The van der Waals surface area contributed by atoms with E-state index in [4.69, 9.17) is 18.5 Å². The molecular weight excluding hydrogens is 737 g/mol. The number of hydrogen-bond acceptors (Lipinski definition) is 8. The Kier molecular flexibility index (Phi) is 39.7. The van der Waals surface area contributed by atoms with E-state index in [0.717, 1.165) is 77.0 Å². The summed E-state index contributed by atoms with van der Waals surface area (Å²) in [4.78, 5) is 37.0. The lowest BCUT2D eigenvalue weighted by Gasteiger charge is -2.20. The Labute approximate surface area is 348 Å². The molecule has 0 saturated heterocycles. The maximum absolute atomic E-state index is 12.7. The lowest BCUT2D eigenvalue weighted by Crippen LogP contribution is -2.29. The Bertz CT molecular complexity index is 1180. The minimum atomic E-state index is -4.38. The zero-order chi connectivity index (χ0) is 41.9. The van der Waals surface area contributed by atoms with Gasteiger partial charge in [0, 0.05) is 19.4 Å². The molecule has 0 aromatic heterocycles. The molecular formula is C47H82NO8P. The molecule has 0 spiro atoms. The number of carbonyl (C=O) groups excluding carboxylic acids is 2. The summed E-state index contributed by atoms with van der Waals surface area (Å²) in [5.41, 5.74) is 0. The van der Waals surface area contributed by atoms with Gasteiger partial charge in [-0.1, -0.05) is 138 Å². The Morgan fingerprint density at radius 3 is 1.42 bits per heavy atom. The van der Waals surface area contributed by atoms with Crippen LogP contribution in [0.5, 0.6) is 0 Å². The fourth-order valence-corrected chi connectivity index (χ4v) is 6.26. The zero-order valence-electron chi connectivity index (χ0n) is 36.5. The maximum Gasteiger partial charge on any atom is 0.472 e. The molecule has 0 aromatic rings. The first-order chi connectivity index (χ1) is 27.7. The second-order valence-corrected chi connectivity index (χ2v) is 16.3. The largest absolute Gasteiger partial charge is 0.472 e. The van der Waals surface area contributed by atoms with E-state index in [-0.39, 0.29) is 26.1 Å². The first-order valence-electron chi connectivity index (χ1n) is 22.2. The van der Waals surface area contributed by atoms with E-state index in [1.54, 1.807) is 0 Å². The summed E-state index contributed by atoms with van der Waals surface area (Å²) in [6.45, 7) is 4.20. The van der Waals surface area contributed by atoms with Gasteiger partial charge in [-0.2, -0.15) is 0 Å². The van der Waals surface area contributed by atoms with Crippen molar-refractivity contribution in [2.75, 3.05) is 40.5 Å². The standard InChI is InChI=1S/C47H82NO8P/c1-5-7-9-11-13-15-17-19-21-22-23-24-26-28-30-32-34-36-38-40-47(50)56-45(44-55-57(51,52)54-42-41-48(3)4)43-53-46(49)39-37-35-33-31-29-27-25-20-18-16-14-12-10-8-6-2/h13-16,19-21,23-25,28,30,45H,5-12,17-18,22,26-27,29,31-44H2,1-4H3,(H,51,52)/b15-13-,16-14-,21-19-,24-23-,25-20-,30-28-. The van der Waals surface area contributed by atoms with E-state index < -0.39 is 32.5 Å². The molecule has 10 heteroatoms. The summed E-state index contributed by atoms with van der Waals surface area (Å²) >= 11 is 0. The first kappa shape index (κ1) is 54.5. The van der Waals surface area contributed by atoms with Crippen LogP contribution in [0.4, 0.5) is 0 Å². The van der Waals surface area contributed by atoms with Crippen LogP contribution in [0.15, 0.2) is 72.9 Å². The highest BCUT2D eigenvalue weighted by Crippen LogP contribution is 2.43. The van der Waals surface area contributed by atoms with Crippen molar-refractivity contribution in [1.82, 2.24) is 4.90 Å². The average molecular weight is 820 g/mol. The third kappa shape index (κ3) is 42.9. The molecule has 0 radical (unpaired) electrons. The van der Waals surface area contributed by atoms with E-state index >= 15 is 0 Å². The molecule has 57 heavy (non-hydrogen) atoms. The number of likely N-dealkylation sites (N-methyl/N-ethyl adjacent to an activating group) is 1. The highest BCUT2D eigenvalue weighted by Gasteiger charge is 2.26. The molecule has 0 bridgehead atoms. The van der Waals surface area contributed by atoms with Crippen molar-refractivity contribution >= 4 is 19.8 Å². The second kappa shape index (κ2) is 41.6. The summed E-state index contributed by atoms with van der Waals surface area (Å²) in [5, 5.41) is 0. The van der Waals surface area contributed by atoms with Crippen LogP contribution in [0.3, 0.4) is 0 Å². The monoisotopic (exact) mass is 820 g/mol. The molecule has 2 unspecified atom stereocenters. The van der Waals surface area contributed by atoms with Crippen molar-refractivity contribution in [3.8, 4) is 0 Å². The molecule has 9 nitrogen and oxygen atoms in total. The molecule has 0 aliphatic carbocycles. The van der Waals surface area contributed by atoms with Crippen LogP contribution < -0.4 is 0 Å². The van der Waals surface area contributed by atoms with Crippen LogP contribution in [-0.4, -0.2) is 68.3 Å². The lowest BCUT2D eigenvalue weighted by atomic mass is 10.1. The number of rotatable bonds is 40. The molecule has 0 rings (SSSR count). The van der Waals surface area contributed by atoms with Crippen LogP contribution in [0.1, 0.15) is 168 Å². The highest BCUT2D eigenvalue weighted by molar-refractivity contribution is 7.47. The van der Waals surface area contributed by atoms with E-state index in [1.165, 1.54) is 51.4 Å².